The second-order valence-corrected chi connectivity index (χ2v) is 7.44. The molecule has 1 amide bonds. The van der Waals surface area contributed by atoms with Gasteiger partial charge in [-0.25, -0.2) is 0 Å². The lowest BCUT2D eigenvalue weighted by Gasteiger charge is -2.35. The van der Waals surface area contributed by atoms with Crippen LogP contribution in [-0.4, -0.2) is 53.5 Å². The number of likely N-dealkylation sites (N-methyl/N-ethyl adjacent to an activating group) is 1. The van der Waals surface area contributed by atoms with Crippen LogP contribution in [0.5, 0.6) is 0 Å². The number of likely N-dealkylation sites (tertiary alicyclic amines) is 1. The molecule has 2 heterocycles. The number of aliphatic carboxylic acids is 1. The van der Waals surface area contributed by atoms with Gasteiger partial charge in [0, 0.05) is 25.5 Å². The molecule has 3 unspecified atom stereocenters. The van der Waals surface area contributed by atoms with E-state index in [4.69, 9.17) is 4.42 Å². The van der Waals surface area contributed by atoms with E-state index in [1.807, 2.05) is 49.1 Å². The SMILES string of the molecule is CC1CC(C(=O)O)CN(CC(=O)N(C)C(C)c2cc3ccccc3o2)C1. The Morgan fingerprint density at radius 3 is 2.77 bits per heavy atom. The van der Waals surface area contributed by atoms with Crippen LogP contribution in [0.4, 0.5) is 0 Å². The van der Waals surface area contributed by atoms with Crippen molar-refractivity contribution < 1.29 is 19.1 Å². The van der Waals surface area contributed by atoms with Gasteiger partial charge >= 0.3 is 5.97 Å². The number of carboxylic acid groups (broad SMARTS) is 1. The van der Waals surface area contributed by atoms with E-state index in [-0.39, 0.29) is 24.4 Å². The third kappa shape index (κ3) is 3.90. The number of carbonyl (C=O) groups excluding carboxylic acids is 1. The van der Waals surface area contributed by atoms with Gasteiger partial charge < -0.3 is 14.4 Å². The van der Waals surface area contributed by atoms with E-state index < -0.39 is 11.9 Å². The Morgan fingerprint density at radius 2 is 2.08 bits per heavy atom. The number of benzene rings is 1. The zero-order chi connectivity index (χ0) is 18.8. The number of rotatable bonds is 5. The highest BCUT2D eigenvalue weighted by Crippen LogP contribution is 2.27. The number of piperidine rings is 1. The van der Waals surface area contributed by atoms with Crippen molar-refractivity contribution in [2.45, 2.75) is 26.3 Å². The Bertz CT molecular complexity index is 767. The largest absolute Gasteiger partial charge is 0.481 e. The summed E-state index contributed by atoms with van der Waals surface area (Å²) in [5.74, 6) is -0.188. The van der Waals surface area contributed by atoms with Gasteiger partial charge in [0.05, 0.1) is 18.5 Å². The zero-order valence-corrected chi connectivity index (χ0v) is 15.5. The summed E-state index contributed by atoms with van der Waals surface area (Å²) in [4.78, 5) is 27.7. The molecule has 1 fully saturated rings. The van der Waals surface area contributed by atoms with E-state index >= 15 is 0 Å². The molecule has 1 aromatic carbocycles. The summed E-state index contributed by atoms with van der Waals surface area (Å²) in [6.07, 6.45) is 0.672. The molecule has 0 bridgehead atoms. The Balaban J connectivity index is 1.65. The summed E-state index contributed by atoms with van der Waals surface area (Å²) in [6.45, 7) is 5.39. The number of fused-ring (bicyclic) bond motifs is 1. The summed E-state index contributed by atoms with van der Waals surface area (Å²) in [5, 5.41) is 10.3. The fourth-order valence-electron chi connectivity index (χ4n) is 3.69. The molecule has 3 atom stereocenters. The number of furan rings is 1. The van der Waals surface area contributed by atoms with E-state index in [2.05, 4.69) is 0 Å². The standard InChI is InChI=1S/C20H26N2O4/c1-13-8-16(20(24)25)11-22(10-13)12-19(23)21(3)14(2)18-9-15-6-4-5-7-17(15)26-18/h4-7,9,13-14,16H,8,10-12H2,1-3H3,(H,24,25). The van der Waals surface area contributed by atoms with Crippen LogP contribution in [-0.2, 0) is 9.59 Å². The van der Waals surface area contributed by atoms with Crippen molar-refractivity contribution in [3.05, 3.63) is 36.1 Å². The molecule has 0 spiro atoms. The number of nitrogens with zero attached hydrogens (tertiary/aromatic N) is 2. The van der Waals surface area contributed by atoms with Crippen molar-refractivity contribution in [3.63, 3.8) is 0 Å². The van der Waals surface area contributed by atoms with Crippen LogP contribution in [0.2, 0.25) is 0 Å². The third-order valence-corrected chi connectivity index (χ3v) is 5.27. The van der Waals surface area contributed by atoms with Gasteiger partial charge in [-0.2, -0.15) is 0 Å². The van der Waals surface area contributed by atoms with E-state index in [1.165, 1.54) is 0 Å². The van der Waals surface area contributed by atoms with Crippen LogP contribution < -0.4 is 0 Å². The molecule has 0 saturated carbocycles. The average Bonchev–Trinajstić information content (AvgIpc) is 3.03. The quantitative estimate of drug-likeness (QED) is 0.889. The van der Waals surface area contributed by atoms with Gasteiger partial charge in [-0.1, -0.05) is 25.1 Å². The lowest BCUT2D eigenvalue weighted by Crippen LogP contribution is -2.47. The molecule has 1 aliphatic heterocycles. The molecule has 1 aliphatic rings. The molecule has 6 heteroatoms. The number of carboxylic acids is 1. The van der Waals surface area contributed by atoms with Crippen LogP contribution in [0.1, 0.15) is 32.1 Å². The fourth-order valence-corrected chi connectivity index (χ4v) is 3.69. The molecule has 1 aromatic heterocycles. The first kappa shape index (κ1) is 18.5. The lowest BCUT2D eigenvalue weighted by atomic mass is 9.90. The minimum atomic E-state index is -0.780. The Kier molecular flexibility index (Phi) is 5.32. The van der Waals surface area contributed by atoms with E-state index in [0.717, 1.165) is 23.3 Å². The number of hydrogen-bond donors (Lipinski definition) is 1. The van der Waals surface area contributed by atoms with E-state index in [9.17, 15) is 14.7 Å². The second-order valence-electron chi connectivity index (χ2n) is 7.44. The minimum absolute atomic E-state index is 0.0313. The van der Waals surface area contributed by atoms with Crippen LogP contribution in [0.3, 0.4) is 0 Å². The van der Waals surface area contributed by atoms with Gasteiger partial charge in [0.2, 0.25) is 5.91 Å². The maximum absolute atomic E-state index is 12.7. The molecule has 140 valence electrons. The second kappa shape index (κ2) is 7.50. The smallest absolute Gasteiger partial charge is 0.307 e. The van der Waals surface area contributed by atoms with Crippen LogP contribution in [0, 0.1) is 11.8 Å². The predicted molar refractivity (Wildman–Crippen MR) is 98.7 cm³/mol. The Hall–Kier alpha value is -2.34. The molecule has 26 heavy (non-hydrogen) atoms. The third-order valence-electron chi connectivity index (χ3n) is 5.27. The van der Waals surface area contributed by atoms with Crippen LogP contribution in [0.25, 0.3) is 11.0 Å². The molecule has 3 rings (SSSR count). The topological polar surface area (TPSA) is 74.0 Å². The maximum Gasteiger partial charge on any atom is 0.307 e. The summed E-state index contributed by atoms with van der Waals surface area (Å²) in [5.41, 5.74) is 0.810. The Morgan fingerprint density at radius 1 is 1.35 bits per heavy atom. The molecular formula is C20H26N2O4. The molecule has 1 N–H and O–H groups in total. The van der Waals surface area contributed by atoms with Crippen LogP contribution in [0.15, 0.2) is 34.7 Å². The van der Waals surface area contributed by atoms with Crippen molar-refractivity contribution in [2.24, 2.45) is 11.8 Å². The first-order valence-electron chi connectivity index (χ1n) is 9.04. The van der Waals surface area contributed by atoms with Crippen molar-refractivity contribution in [3.8, 4) is 0 Å². The minimum Gasteiger partial charge on any atom is -0.481 e. The van der Waals surface area contributed by atoms with Gasteiger partial charge in [0.15, 0.2) is 0 Å². The summed E-state index contributed by atoms with van der Waals surface area (Å²) in [7, 11) is 1.77. The zero-order valence-electron chi connectivity index (χ0n) is 15.5. The van der Waals surface area contributed by atoms with Gasteiger partial charge in [-0.15, -0.1) is 0 Å². The number of hydrogen-bond acceptors (Lipinski definition) is 4. The van der Waals surface area contributed by atoms with Gasteiger partial charge in [0.25, 0.3) is 0 Å². The van der Waals surface area contributed by atoms with E-state index in [0.29, 0.717) is 13.0 Å². The molecule has 6 nitrogen and oxygen atoms in total. The first-order valence-corrected chi connectivity index (χ1v) is 9.04. The predicted octanol–water partition coefficient (Wildman–Crippen LogP) is 2.99. The van der Waals surface area contributed by atoms with Gasteiger partial charge in [-0.3, -0.25) is 14.5 Å². The van der Waals surface area contributed by atoms with Crippen molar-refractivity contribution in [2.75, 3.05) is 26.7 Å². The first-order chi connectivity index (χ1) is 12.3. The normalized spacial score (nSPS) is 22.3. The lowest BCUT2D eigenvalue weighted by molar-refractivity contribution is -0.146. The van der Waals surface area contributed by atoms with Crippen molar-refractivity contribution in [1.29, 1.82) is 0 Å². The molecule has 0 aliphatic carbocycles. The summed E-state index contributed by atoms with van der Waals surface area (Å²) < 4.78 is 5.87. The highest BCUT2D eigenvalue weighted by Gasteiger charge is 2.31. The highest BCUT2D eigenvalue weighted by molar-refractivity contribution is 5.80. The van der Waals surface area contributed by atoms with Crippen molar-refractivity contribution in [1.82, 2.24) is 9.80 Å². The number of carbonyl (C=O) groups is 2. The van der Waals surface area contributed by atoms with Gasteiger partial charge in [0.1, 0.15) is 11.3 Å². The van der Waals surface area contributed by atoms with E-state index in [1.54, 1.807) is 11.9 Å². The highest BCUT2D eigenvalue weighted by atomic mass is 16.4. The molecular weight excluding hydrogens is 332 g/mol. The summed E-state index contributed by atoms with van der Waals surface area (Å²) in [6, 6.07) is 9.55. The molecule has 0 radical (unpaired) electrons. The molecule has 1 saturated heterocycles. The molecule has 2 aromatic rings. The number of amides is 1. The van der Waals surface area contributed by atoms with Gasteiger partial charge in [-0.05, 0) is 31.4 Å². The van der Waals surface area contributed by atoms with Crippen LogP contribution >= 0.6 is 0 Å². The van der Waals surface area contributed by atoms with Crippen molar-refractivity contribution >= 4 is 22.8 Å². The monoisotopic (exact) mass is 358 g/mol. The maximum atomic E-state index is 12.7. The fraction of sp³-hybridized carbons (Fsp3) is 0.500. The summed E-state index contributed by atoms with van der Waals surface area (Å²) >= 11 is 0. The Labute approximate surface area is 153 Å². The average molecular weight is 358 g/mol. The number of para-hydroxylation sites is 1.